The molecule has 2 aromatic heterocycles. The van der Waals surface area contributed by atoms with E-state index < -0.39 is 0 Å². The first-order chi connectivity index (χ1) is 12.3. The number of fused-ring (bicyclic) bond motifs is 1. The van der Waals surface area contributed by atoms with Gasteiger partial charge in [0.25, 0.3) is 5.91 Å². The van der Waals surface area contributed by atoms with Gasteiger partial charge >= 0.3 is 0 Å². The molecule has 1 aromatic carbocycles. The number of aromatic nitrogens is 3. The Kier molecular flexibility index (Phi) is 4.61. The molecule has 4 rings (SSSR count). The van der Waals surface area contributed by atoms with Gasteiger partial charge in [0, 0.05) is 22.8 Å². The minimum absolute atomic E-state index is 0.117. The number of aryl methyl sites for hydroxylation is 2. The number of hydrogen-bond acceptors (Lipinski definition) is 4. The van der Waals surface area contributed by atoms with Gasteiger partial charge in [0.05, 0.1) is 11.4 Å². The first-order valence-corrected chi connectivity index (χ1v) is 9.51. The molecule has 0 radical (unpaired) electrons. The molecule has 5 nitrogen and oxygen atoms in total. The lowest BCUT2D eigenvalue weighted by molar-refractivity contribution is 0.102. The van der Waals surface area contributed by atoms with Gasteiger partial charge in [-0.05, 0) is 56.0 Å². The standard InChI is InChI=1S/C19H20N4OS/c24-18(14-8-10-15(11-9-14)23-13-5-12-20-23)22-19-21-16-6-3-1-2-4-7-17(16)25-19/h5,8-13H,1-4,6-7H2,(H,21,22,24). The van der Waals surface area contributed by atoms with Crippen molar-refractivity contribution in [3.63, 3.8) is 0 Å². The molecule has 1 aliphatic carbocycles. The van der Waals surface area contributed by atoms with Crippen LogP contribution in [0.4, 0.5) is 5.13 Å². The molecule has 1 N–H and O–H groups in total. The number of rotatable bonds is 3. The second kappa shape index (κ2) is 7.19. The van der Waals surface area contributed by atoms with Crippen molar-refractivity contribution in [2.75, 3.05) is 5.32 Å². The van der Waals surface area contributed by atoms with Crippen molar-refractivity contribution in [3.05, 3.63) is 58.9 Å². The average molecular weight is 352 g/mol. The molecule has 1 amide bonds. The van der Waals surface area contributed by atoms with Gasteiger partial charge in [-0.2, -0.15) is 5.10 Å². The van der Waals surface area contributed by atoms with Crippen molar-refractivity contribution in [3.8, 4) is 5.69 Å². The van der Waals surface area contributed by atoms with Gasteiger partial charge in [-0.3, -0.25) is 10.1 Å². The van der Waals surface area contributed by atoms with Crippen molar-refractivity contribution in [2.24, 2.45) is 0 Å². The van der Waals surface area contributed by atoms with E-state index in [0.29, 0.717) is 10.7 Å². The molecule has 0 bridgehead atoms. The van der Waals surface area contributed by atoms with E-state index in [-0.39, 0.29) is 5.91 Å². The topological polar surface area (TPSA) is 59.8 Å². The molecule has 0 saturated heterocycles. The summed E-state index contributed by atoms with van der Waals surface area (Å²) in [5.41, 5.74) is 2.73. The summed E-state index contributed by atoms with van der Waals surface area (Å²) in [4.78, 5) is 18.5. The summed E-state index contributed by atoms with van der Waals surface area (Å²) in [5, 5.41) is 7.86. The number of hydrogen-bond donors (Lipinski definition) is 1. The molecule has 2 heterocycles. The van der Waals surface area contributed by atoms with E-state index in [1.807, 2.05) is 36.5 Å². The van der Waals surface area contributed by atoms with Gasteiger partial charge in [0.2, 0.25) is 0 Å². The maximum Gasteiger partial charge on any atom is 0.257 e. The molecule has 128 valence electrons. The third-order valence-electron chi connectivity index (χ3n) is 4.46. The van der Waals surface area contributed by atoms with Gasteiger partial charge in [-0.15, -0.1) is 11.3 Å². The highest BCUT2D eigenvalue weighted by Gasteiger charge is 2.15. The van der Waals surface area contributed by atoms with E-state index in [1.165, 1.54) is 36.3 Å². The lowest BCUT2D eigenvalue weighted by Gasteiger charge is -2.06. The van der Waals surface area contributed by atoms with E-state index in [9.17, 15) is 4.79 Å². The second-order valence-electron chi connectivity index (χ2n) is 6.25. The van der Waals surface area contributed by atoms with E-state index >= 15 is 0 Å². The Hall–Kier alpha value is -2.47. The molecule has 0 atom stereocenters. The third-order valence-corrected chi connectivity index (χ3v) is 5.54. The number of benzene rings is 1. The number of nitrogens with zero attached hydrogens (tertiary/aromatic N) is 3. The summed E-state index contributed by atoms with van der Waals surface area (Å²) in [7, 11) is 0. The van der Waals surface area contributed by atoms with Gasteiger partial charge in [0.15, 0.2) is 5.13 Å². The van der Waals surface area contributed by atoms with Crippen LogP contribution in [0.15, 0.2) is 42.7 Å². The SMILES string of the molecule is O=C(Nc1nc2c(s1)CCCCCC2)c1ccc(-n2cccn2)cc1. The largest absolute Gasteiger partial charge is 0.298 e. The fraction of sp³-hybridized carbons (Fsp3) is 0.316. The molecule has 0 fully saturated rings. The smallest absolute Gasteiger partial charge is 0.257 e. The second-order valence-corrected chi connectivity index (χ2v) is 7.34. The van der Waals surface area contributed by atoms with Crippen LogP contribution in [0.1, 0.15) is 46.6 Å². The predicted molar refractivity (Wildman–Crippen MR) is 99.5 cm³/mol. The van der Waals surface area contributed by atoms with Crippen molar-refractivity contribution >= 4 is 22.4 Å². The van der Waals surface area contributed by atoms with Crippen LogP contribution in [0, 0.1) is 0 Å². The normalized spacial score (nSPS) is 14.4. The highest BCUT2D eigenvalue weighted by Crippen LogP contribution is 2.28. The van der Waals surface area contributed by atoms with E-state index in [4.69, 9.17) is 0 Å². The minimum atomic E-state index is -0.117. The van der Waals surface area contributed by atoms with Crippen LogP contribution in [-0.4, -0.2) is 20.7 Å². The van der Waals surface area contributed by atoms with Crippen LogP contribution >= 0.6 is 11.3 Å². The maximum atomic E-state index is 12.5. The molecule has 0 aliphatic heterocycles. The van der Waals surface area contributed by atoms with Crippen LogP contribution in [0.5, 0.6) is 0 Å². The summed E-state index contributed by atoms with van der Waals surface area (Å²) in [5.74, 6) is -0.117. The Balaban J connectivity index is 1.47. The van der Waals surface area contributed by atoms with Gasteiger partial charge in [0.1, 0.15) is 0 Å². The van der Waals surface area contributed by atoms with Gasteiger partial charge < -0.3 is 0 Å². The fourth-order valence-corrected chi connectivity index (χ4v) is 4.16. The Bertz CT molecular complexity index is 827. The number of thiazole rings is 1. The van der Waals surface area contributed by atoms with Gasteiger partial charge in [-0.1, -0.05) is 12.8 Å². The molecular weight excluding hydrogens is 332 g/mol. The van der Waals surface area contributed by atoms with E-state index in [2.05, 4.69) is 15.4 Å². The zero-order valence-electron chi connectivity index (χ0n) is 13.9. The summed E-state index contributed by atoms with van der Waals surface area (Å²) in [6, 6.07) is 9.29. The molecule has 25 heavy (non-hydrogen) atoms. The minimum Gasteiger partial charge on any atom is -0.298 e. The lowest BCUT2D eigenvalue weighted by Crippen LogP contribution is -2.11. The average Bonchev–Trinajstić information content (AvgIpc) is 3.26. The van der Waals surface area contributed by atoms with Crippen LogP contribution < -0.4 is 5.32 Å². The van der Waals surface area contributed by atoms with Crippen LogP contribution in [0.3, 0.4) is 0 Å². The Morgan fingerprint density at radius 3 is 2.64 bits per heavy atom. The maximum absolute atomic E-state index is 12.5. The summed E-state index contributed by atoms with van der Waals surface area (Å²) in [6.45, 7) is 0. The molecular formula is C19H20N4OS. The van der Waals surface area contributed by atoms with Crippen molar-refractivity contribution < 1.29 is 4.79 Å². The fourth-order valence-electron chi connectivity index (χ4n) is 3.12. The molecule has 1 aliphatic rings. The van der Waals surface area contributed by atoms with Gasteiger partial charge in [-0.25, -0.2) is 9.67 Å². The van der Waals surface area contributed by atoms with E-state index in [1.54, 1.807) is 22.2 Å². The first-order valence-electron chi connectivity index (χ1n) is 8.69. The third kappa shape index (κ3) is 3.64. The predicted octanol–water partition coefficient (Wildman–Crippen LogP) is 4.24. The van der Waals surface area contributed by atoms with Crippen molar-refractivity contribution in [2.45, 2.75) is 38.5 Å². The van der Waals surface area contributed by atoms with Crippen LogP contribution in [0.2, 0.25) is 0 Å². The Morgan fingerprint density at radius 2 is 1.88 bits per heavy atom. The molecule has 0 spiro atoms. The Labute approximate surface area is 150 Å². The monoisotopic (exact) mass is 352 g/mol. The van der Waals surface area contributed by atoms with Crippen LogP contribution in [-0.2, 0) is 12.8 Å². The highest BCUT2D eigenvalue weighted by molar-refractivity contribution is 7.15. The van der Waals surface area contributed by atoms with E-state index in [0.717, 1.165) is 18.5 Å². The molecule has 0 unspecified atom stereocenters. The van der Waals surface area contributed by atoms with Crippen molar-refractivity contribution in [1.82, 2.24) is 14.8 Å². The molecule has 0 saturated carbocycles. The summed E-state index contributed by atoms with van der Waals surface area (Å²) >= 11 is 1.62. The Morgan fingerprint density at radius 1 is 1.08 bits per heavy atom. The summed E-state index contributed by atoms with van der Waals surface area (Å²) in [6.07, 6.45) is 10.7. The number of amides is 1. The summed E-state index contributed by atoms with van der Waals surface area (Å²) < 4.78 is 1.77. The number of anilines is 1. The quantitative estimate of drug-likeness (QED) is 0.767. The number of carbonyl (C=O) groups excluding carboxylic acids is 1. The lowest BCUT2D eigenvalue weighted by atomic mass is 10.0. The first kappa shape index (κ1) is 16.0. The van der Waals surface area contributed by atoms with Crippen molar-refractivity contribution in [1.29, 1.82) is 0 Å². The van der Waals surface area contributed by atoms with Crippen LogP contribution in [0.25, 0.3) is 5.69 Å². The highest BCUT2D eigenvalue weighted by atomic mass is 32.1. The number of nitrogens with one attached hydrogen (secondary N) is 1. The zero-order valence-corrected chi connectivity index (χ0v) is 14.8. The molecule has 6 heteroatoms. The molecule has 3 aromatic rings. The number of carbonyl (C=O) groups is 1. The zero-order chi connectivity index (χ0) is 17.1.